The van der Waals surface area contributed by atoms with Crippen LogP contribution >= 0.6 is 0 Å². The monoisotopic (exact) mass is 265 g/mol. The van der Waals surface area contributed by atoms with Crippen LogP contribution in [0.15, 0.2) is 6.07 Å². The second kappa shape index (κ2) is 4.77. The van der Waals surface area contributed by atoms with Crippen LogP contribution in [0.25, 0.3) is 0 Å². The van der Waals surface area contributed by atoms with Gasteiger partial charge in [0.05, 0.1) is 6.54 Å². The summed E-state index contributed by atoms with van der Waals surface area (Å²) in [5.41, 5.74) is -2.22. The fraction of sp³-hybridized carbons (Fsp3) is 0.444. The summed E-state index contributed by atoms with van der Waals surface area (Å²) in [6, 6.07) is 0.329. The number of alkyl halides is 3. The number of aromatic carboxylic acids is 1. The molecule has 0 saturated heterocycles. The largest absolute Gasteiger partial charge is 0.477 e. The van der Waals surface area contributed by atoms with Crippen molar-refractivity contribution in [3.8, 4) is 0 Å². The number of carboxylic acids is 1. The average molecular weight is 265 g/mol. The lowest BCUT2D eigenvalue weighted by Crippen LogP contribution is -2.29. The van der Waals surface area contributed by atoms with Crippen LogP contribution < -0.4 is 0 Å². The van der Waals surface area contributed by atoms with Crippen LogP contribution in [0.1, 0.15) is 21.0 Å². The molecule has 18 heavy (non-hydrogen) atoms. The molecular formula is C9H10F3N3O3. The molecule has 0 bridgehead atoms. The van der Waals surface area contributed by atoms with E-state index in [0.717, 1.165) is 0 Å². The molecule has 1 rings (SSSR count). The molecule has 0 aliphatic heterocycles. The summed E-state index contributed by atoms with van der Waals surface area (Å²) in [6.45, 7) is -0.251. The molecule has 0 aromatic carbocycles. The molecule has 0 saturated carbocycles. The van der Waals surface area contributed by atoms with Crippen LogP contribution in [0.5, 0.6) is 0 Å². The Morgan fingerprint density at radius 3 is 2.39 bits per heavy atom. The molecule has 0 amide bonds. The van der Waals surface area contributed by atoms with Gasteiger partial charge >= 0.3 is 12.1 Å². The van der Waals surface area contributed by atoms with E-state index in [4.69, 9.17) is 5.11 Å². The maximum atomic E-state index is 12.4. The Kier molecular flexibility index (Phi) is 3.75. The number of hydrogen-bond acceptors (Lipinski definition) is 4. The molecule has 100 valence electrons. The standard InChI is InChI=1S/C9H10F3N3O3/c1-14(2)4-7(16)15-5(8(17)18)3-6(13-15)9(10,11)12/h3H,4H2,1-2H3,(H,17,18). The highest BCUT2D eigenvalue weighted by Crippen LogP contribution is 2.28. The van der Waals surface area contributed by atoms with Gasteiger partial charge in [-0.2, -0.15) is 23.0 Å². The first-order valence-corrected chi connectivity index (χ1v) is 4.71. The van der Waals surface area contributed by atoms with E-state index in [2.05, 4.69) is 5.10 Å². The van der Waals surface area contributed by atoms with Crippen molar-refractivity contribution in [2.75, 3.05) is 20.6 Å². The molecule has 1 aromatic rings. The van der Waals surface area contributed by atoms with E-state index < -0.39 is 29.4 Å². The average Bonchev–Trinajstić information content (AvgIpc) is 2.59. The number of aromatic nitrogens is 2. The SMILES string of the molecule is CN(C)CC(=O)n1nc(C(F)(F)F)cc1C(=O)O. The summed E-state index contributed by atoms with van der Waals surface area (Å²) in [7, 11) is 3.04. The molecule has 0 radical (unpaired) electrons. The van der Waals surface area contributed by atoms with Gasteiger partial charge in [0.2, 0.25) is 0 Å². The lowest BCUT2D eigenvalue weighted by atomic mass is 10.3. The van der Waals surface area contributed by atoms with Crippen molar-refractivity contribution < 1.29 is 27.9 Å². The minimum absolute atomic E-state index is 0.251. The van der Waals surface area contributed by atoms with E-state index in [-0.39, 0.29) is 11.2 Å². The molecule has 1 aromatic heterocycles. The van der Waals surface area contributed by atoms with Gasteiger partial charge in [0.25, 0.3) is 5.91 Å². The maximum Gasteiger partial charge on any atom is 0.435 e. The number of rotatable bonds is 3. The number of carboxylic acid groups (broad SMARTS) is 1. The zero-order chi connectivity index (χ0) is 14.1. The van der Waals surface area contributed by atoms with Gasteiger partial charge < -0.3 is 10.0 Å². The highest BCUT2D eigenvalue weighted by atomic mass is 19.4. The Morgan fingerprint density at radius 1 is 1.44 bits per heavy atom. The van der Waals surface area contributed by atoms with Crippen molar-refractivity contribution >= 4 is 11.9 Å². The lowest BCUT2D eigenvalue weighted by molar-refractivity contribution is -0.141. The lowest BCUT2D eigenvalue weighted by Gasteiger charge is -2.09. The Bertz CT molecular complexity index is 479. The Labute approximate surface area is 99.6 Å². The van der Waals surface area contributed by atoms with Crippen molar-refractivity contribution in [3.63, 3.8) is 0 Å². The summed E-state index contributed by atoms with van der Waals surface area (Å²) in [5, 5.41) is 11.7. The topological polar surface area (TPSA) is 75.4 Å². The van der Waals surface area contributed by atoms with Crippen LogP contribution in [-0.4, -0.2) is 52.3 Å². The van der Waals surface area contributed by atoms with Crippen molar-refractivity contribution in [3.05, 3.63) is 17.5 Å². The summed E-state index contributed by atoms with van der Waals surface area (Å²) in [5.74, 6) is -2.50. The Hall–Kier alpha value is -1.90. The number of carbonyl (C=O) groups excluding carboxylic acids is 1. The minimum atomic E-state index is -4.80. The Balaban J connectivity index is 3.21. The van der Waals surface area contributed by atoms with Gasteiger partial charge in [0, 0.05) is 6.07 Å². The van der Waals surface area contributed by atoms with Crippen LogP contribution in [0.3, 0.4) is 0 Å². The zero-order valence-electron chi connectivity index (χ0n) is 9.52. The normalized spacial score (nSPS) is 11.9. The number of likely N-dealkylation sites (N-methyl/N-ethyl adjacent to an activating group) is 1. The fourth-order valence-electron chi connectivity index (χ4n) is 1.20. The summed E-state index contributed by atoms with van der Waals surface area (Å²) in [6.07, 6.45) is -4.80. The molecule has 0 atom stereocenters. The van der Waals surface area contributed by atoms with E-state index >= 15 is 0 Å². The third-order valence-electron chi connectivity index (χ3n) is 1.91. The maximum absolute atomic E-state index is 12.4. The number of nitrogens with zero attached hydrogens (tertiary/aromatic N) is 3. The van der Waals surface area contributed by atoms with Crippen LogP contribution in [0, 0.1) is 0 Å². The van der Waals surface area contributed by atoms with Crippen LogP contribution in [-0.2, 0) is 6.18 Å². The third-order valence-corrected chi connectivity index (χ3v) is 1.91. The van der Waals surface area contributed by atoms with Gasteiger partial charge in [0.15, 0.2) is 11.4 Å². The number of hydrogen-bond donors (Lipinski definition) is 1. The van der Waals surface area contributed by atoms with Crippen LogP contribution in [0.4, 0.5) is 13.2 Å². The quantitative estimate of drug-likeness (QED) is 0.875. The van der Waals surface area contributed by atoms with Gasteiger partial charge in [0.1, 0.15) is 0 Å². The van der Waals surface area contributed by atoms with Gasteiger partial charge in [-0.3, -0.25) is 4.79 Å². The predicted octanol–water partition coefficient (Wildman–Crippen LogP) is 0.802. The molecule has 1 N–H and O–H groups in total. The van der Waals surface area contributed by atoms with Gasteiger partial charge in [-0.25, -0.2) is 4.79 Å². The van der Waals surface area contributed by atoms with E-state index in [1.54, 1.807) is 0 Å². The van der Waals surface area contributed by atoms with E-state index in [1.165, 1.54) is 19.0 Å². The number of halogens is 3. The second-order valence-corrected chi connectivity index (χ2v) is 3.76. The van der Waals surface area contributed by atoms with E-state index in [0.29, 0.717) is 6.07 Å². The van der Waals surface area contributed by atoms with Gasteiger partial charge in [-0.15, -0.1) is 0 Å². The second-order valence-electron chi connectivity index (χ2n) is 3.76. The smallest absolute Gasteiger partial charge is 0.435 e. The minimum Gasteiger partial charge on any atom is -0.477 e. The molecule has 0 spiro atoms. The van der Waals surface area contributed by atoms with Crippen LogP contribution in [0.2, 0.25) is 0 Å². The first-order valence-electron chi connectivity index (χ1n) is 4.71. The summed E-state index contributed by atoms with van der Waals surface area (Å²) < 4.78 is 37.4. The first-order chi connectivity index (χ1) is 8.12. The van der Waals surface area contributed by atoms with Crippen molar-refractivity contribution in [1.82, 2.24) is 14.7 Å². The highest BCUT2D eigenvalue weighted by molar-refractivity contribution is 5.92. The Morgan fingerprint density at radius 2 is 2.00 bits per heavy atom. The van der Waals surface area contributed by atoms with E-state index in [9.17, 15) is 22.8 Å². The molecule has 6 nitrogen and oxygen atoms in total. The first kappa shape index (κ1) is 14.2. The molecule has 0 unspecified atom stereocenters. The van der Waals surface area contributed by atoms with Gasteiger partial charge in [-0.05, 0) is 14.1 Å². The van der Waals surface area contributed by atoms with Crippen molar-refractivity contribution in [2.24, 2.45) is 0 Å². The molecule has 0 fully saturated rings. The van der Waals surface area contributed by atoms with E-state index in [1.807, 2.05) is 0 Å². The zero-order valence-corrected chi connectivity index (χ0v) is 9.52. The molecule has 1 heterocycles. The molecule has 9 heteroatoms. The molecule has 0 aliphatic rings. The number of carbonyl (C=O) groups is 2. The molecular weight excluding hydrogens is 255 g/mol. The van der Waals surface area contributed by atoms with Crippen molar-refractivity contribution in [1.29, 1.82) is 0 Å². The summed E-state index contributed by atoms with van der Waals surface area (Å²) in [4.78, 5) is 23.7. The highest BCUT2D eigenvalue weighted by Gasteiger charge is 2.36. The fourth-order valence-corrected chi connectivity index (χ4v) is 1.20. The van der Waals surface area contributed by atoms with Crippen molar-refractivity contribution in [2.45, 2.75) is 6.18 Å². The summed E-state index contributed by atoms with van der Waals surface area (Å²) >= 11 is 0. The molecule has 0 aliphatic carbocycles. The third kappa shape index (κ3) is 3.06. The predicted molar refractivity (Wildman–Crippen MR) is 53.4 cm³/mol. The van der Waals surface area contributed by atoms with Gasteiger partial charge in [-0.1, -0.05) is 0 Å².